The summed E-state index contributed by atoms with van der Waals surface area (Å²) in [6.07, 6.45) is 9.99. The Morgan fingerprint density at radius 3 is 1.96 bits per heavy atom. The summed E-state index contributed by atoms with van der Waals surface area (Å²) < 4.78 is 2.93. The van der Waals surface area contributed by atoms with Crippen molar-refractivity contribution in [2.75, 3.05) is 12.7 Å². The summed E-state index contributed by atoms with van der Waals surface area (Å²) in [6, 6.07) is 18.6. The molecule has 1 aliphatic heterocycles. The van der Waals surface area contributed by atoms with E-state index in [-0.39, 0.29) is 8.07 Å². The first kappa shape index (κ1) is 20.7. The highest BCUT2D eigenvalue weighted by Crippen LogP contribution is 2.61. The maximum absolute atomic E-state index is 2.93. The predicted molar refractivity (Wildman–Crippen MR) is 125 cm³/mol. The van der Waals surface area contributed by atoms with E-state index in [2.05, 4.69) is 92.8 Å². The zero-order valence-electron chi connectivity index (χ0n) is 17.2. The Labute approximate surface area is 168 Å². The molecule has 2 atom stereocenters. The molecule has 144 valence electrons. The van der Waals surface area contributed by atoms with Gasteiger partial charge in [-0.2, -0.15) is 0 Å². The smallest absolute Gasteiger partial charge is 0.0318 e. The van der Waals surface area contributed by atoms with E-state index >= 15 is 0 Å². The predicted octanol–water partition coefficient (Wildman–Crippen LogP) is 6.50. The van der Waals surface area contributed by atoms with Crippen LogP contribution in [0, 0.1) is 13.8 Å². The summed E-state index contributed by atoms with van der Waals surface area (Å²) in [4.78, 5) is 0. The molecule has 1 aliphatic rings. The molecule has 1 unspecified atom stereocenters. The Hall–Kier alpha value is -1.00. The minimum atomic E-state index is -0.472. The summed E-state index contributed by atoms with van der Waals surface area (Å²) in [5.74, 6) is 0. The average Bonchev–Trinajstić information content (AvgIpc) is 3.16. The summed E-state index contributed by atoms with van der Waals surface area (Å²) >= 11 is 0. The molecule has 2 aromatic rings. The number of rotatable bonds is 8. The van der Waals surface area contributed by atoms with Crippen molar-refractivity contribution in [3.05, 3.63) is 71.8 Å². The third-order valence-corrected chi connectivity index (χ3v) is 11.4. The largest absolute Gasteiger partial charge is 0.252 e. The van der Waals surface area contributed by atoms with Crippen LogP contribution in [-0.2, 0) is 0 Å². The molecule has 3 rings (SSSR count). The second-order valence-electron chi connectivity index (χ2n) is 7.46. The highest BCUT2D eigenvalue weighted by atomic mass is 31.2. The molecule has 0 radical (unpaired) electrons. The first-order chi connectivity index (χ1) is 13.1. The van der Waals surface area contributed by atoms with Crippen molar-refractivity contribution in [2.45, 2.75) is 52.6 Å². The molecule has 1 heterocycles. The van der Waals surface area contributed by atoms with Crippen LogP contribution in [0.5, 0.6) is 0 Å². The van der Waals surface area contributed by atoms with Crippen molar-refractivity contribution >= 4 is 26.8 Å². The van der Waals surface area contributed by atoms with Gasteiger partial charge in [-0.1, -0.05) is 92.1 Å². The molecule has 0 spiro atoms. The number of benzene rings is 2. The van der Waals surface area contributed by atoms with Gasteiger partial charge in [-0.25, -0.2) is 0 Å². The summed E-state index contributed by atoms with van der Waals surface area (Å²) in [6.45, 7) is 10.3. The number of allylic oxidation sites excluding steroid dienone is 2. The van der Waals surface area contributed by atoms with E-state index < -0.39 is 8.07 Å². The first-order valence-corrected chi connectivity index (χ1v) is 13.1. The van der Waals surface area contributed by atoms with Crippen molar-refractivity contribution in [1.82, 2.24) is 4.44 Å². The normalized spacial score (nSPS) is 19.3. The molecule has 0 aliphatic carbocycles. The fourth-order valence-corrected chi connectivity index (χ4v) is 10.1. The molecule has 0 saturated carbocycles. The third-order valence-electron chi connectivity index (χ3n) is 5.25. The van der Waals surface area contributed by atoms with E-state index in [1.807, 2.05) is 0 Å². The van der Waals surface area contributed by atoms with Crippen molar-refractivity contribution in [1.29, 1.82) is 0 Å². The second-order valence-corrected chi connectivity index (χ2v) is 12.3. The van der Waals surface area contributed by atoms with Crippen LogP contribution in [0.25, 0.3) is 0 Å². The summed E-state index contributed by atoms with van der Waals surface area (Å²) in [5.41, 5.74) is 3.44. The van der Waals surface area contributed by atoms with Gasteiger partial charge < -0.3 is 0 Å². The standard InChI is InChI=1S/C24H33NP2/c1-5-7-18-25(26-19-8-9-22(26)6-2)27(23-14-10-20(3)11-15-23)24-16-12-21(4)13-17-24/h8-17,22H,5-7,18-19H2,1-4H3/t22-,26?/m1/s1. The Bertz CT molecular complexity index is 690. The van der Waals surface area contributed by atoms with Crippen molar-refractivity contribution in [3.63, 3.8) is 0 Å². The average molecular weight is 397 g/mol. The summed E-state index contributed by atoms with van der Waals surface area (Å²) in [5, 5.41) is 3.00. The number of nitrogens with zero attached hydrogens (tertiary/aromatic N) is 1. The Balaban J connectivity index is 2.03. The SMILES string of the molecule is CCCCN(P(c1ccc(C)cc1)c1ccc(C)cc1)P1CC=C[C@H]1CC. The number of hydrogen-bond acceptors (Lipinski definition) is 1. The topological polar surface area (TPSA) is 3.24 Å². The number of aryl methyl sites for hydroxylation is 2. The van der Waals surface area contributed by atoms with Crippen molar-refractivity contribution in [2.24, 2.45) is 0 Å². The van der Waals surface area contributed by atoms with Gasteiger partial charge in [0.15, 0.2) is 0 Å². The van der Waals surface area contributed by atoms with Crippen LogP contribution in [0.2, 0.25) is 0 Å². The zero-order chi connectivity index (χ0) is 19.2. The molecule has 1 nitrogen and oxygen atoms in total. The van der Waals surface area contributed by atoms with E-state index in [0.717, 1.165) is 5.66 Å². The molecule has 2 aromatic carbocycles. The van der Waals surface area contributed by atoms with Crippen LogP contribution in [0.3, 0.4) is 0 Å². The van der Waals surface area contributed by atoms with E-state index in [9.17, 15) is 0 Å². The van der Waals surface area contributed by atoms with Gasteiger partial charge in [0, 0.05) is 20.3 Å². The van der Waals surface area contributed by atoms with Gasteiger partial charge in [0.2, 0.25) is 0 Å². The van der Waals surface area contributed by atoms with Gasteiger partial charge in [-0.3, -0.25) is 4.44 Å². The minimum absolute atomic E-state index is 0.135. The molecule has 0 amide bonds. The molecule has 0 bridgehead atoms. The van der Waals surface area contributed by atoms with Crippen LogP contribution in [0.15, 0.2) is 60.7 Å². The van der Waals surface area contributed by atoms with E-state index in [0.29, 0.717) is 0 Å². The van der Waals surface area contributed by atoms with E-state index in [4.69, 9.17) is 0 Å². The lowest BCUT2D eigenvalue weighted by atomic mass is 10.2. The zero-order valence-corrected chi connectivity index (χ0v) is 19.0. The maximum Gasteiger partial charge on any atom is 0.0318 e. The lowest BCUT2D eigenvalue weighted by molar-refractivity contribution is 0.635. The number of hydrogen-bond donors (Lipinski definition) is 0. The van der Waals surface area contributed by atoms with Crippen molar-refractivity contribution < 1.29 is 0 Å². The first-order valence-electron chi connectivity index (χ1n) is 10.3. The Morgan fingerprint density at radius 2 is 1.48 bits per heavy atom. The summed E-state index contributed by atoms with van der Waals surface area (Å²) in [7, 11) is -0.607. The Morgan fingerprint density at radius 1 is 0.926 bits per heavy atom. The van der Waals surface area contributed by atoms with E-state index in [1.165, 1.54) is 53.7 Å². The quantitative estimate of drug-likeness (QED) is 0.363. The second kappa shape index (κ2) is 9.97. The van der Waals surface area contributed by atoms with Crippen LogP contribution < -0.4 is 10.6 Å². The third kappa shape index (κ3) is 5.08. The van der Waals surface area contributed by atoms with Gasteiger partial charge in [-0.05, 0) is 51.5 Å². The molecular formula is C24H33NP2. The van der Waals surface area contributed by atoms with Gasteiger partial charge in [-0.15, -0.1) is 0 Å². The Kier molecular flexibility index (Phi) is 7.66. The molecule has 3 heteroatoms. The van der Waals surface area contributed by atoms with Gasteiger partial charge >= 0.3 is 0 Å². The molecule has 27 heavy (non-hydrogen) atoms. The maximum atomic E-state index is 2.93. The molecule has 0 saturated heterocycles. The van der Waals surface area contributed by atoms with E-state index in [1.54, 1.807) is 0 Å². The van der Waals surface area contributed by atoms with Gasteiger partial charge in [0.1, 0.15) is 0 Å². The highest BCUT2D eigenvalue weighted by Gasteiger charge is 2.33. The van der Waals surface area contributed by atoms with Gasteiger partial charge in [0.05, 0.1) is 0 Å². The van der Waals surface area contributed by atoms with Crippen LogP contribution >= 0.6 is 16.1 Å². The monoisotopic (exact) mass is 397 g/mol. The molecule has 0 aromatic heterocycles. The number of unbranched alkanes of at least 4 members (excludes halogenated alkanes) is 1. The lowest BCUT2D eigenvalue weighted by Gasteiger charge is -2.39. The molecular weight excluding hydrogens is 364 g/mol. The van der Waals surface area contributed by atoms with Gasteiger partial charge in [0.25, 0.3) is 0 Å². The van der Waals surface area contributed by atoms with Crippen LogP contribution in [0.1, 0.15) is 44.2 Å². The van der Waals surface area contributed by atoms with Crippen LogP contribution in [0.4, 0.5) is 0 Å². The van der Waals surface area contributed by atoms with Crippen molar-refractivity contribution in [3.8, 4) is 0 Å². The highest BCUT2D eigenvalue weighted by molar-refractivity contribution is 7.79. The molecule has 0 N–H and O–H groups in total. The fraction of sp³-hybridized carbons (Fsp3) is 0.417. The fourth-order valence-electron chi connectivity index (χ4n) is 3.60. The van der Waals surface area contributed by atoms with Crippen LogP contribution in [-0.4, -0.2) is 22.8 Å². The minimum Gasteiger partial charge on any atom is -0.252 e. The lowest BCUT2D eigenvalue weighted by Crippen LogP contribution is -2.28. The molecule has 0 fully saturated rings.